The summed E-state index contributed by atoms with van der Waals surface area (Å²) in [4.78, 5) is 15.1. The quantitative estimate of drug-likeness (QED) is 0.712. The lowest BCUT2D eigenvalue weighted by atomic mass is 10.1. The van der Waals surface area contributed by atoms with Gasteiger partial charge in [-0.1, -0.05) is 42.4 Å². The molecule has 0 bridgehead atoms. The van der Waals surface area contributed by atoms with Crippen LogP contribution in [0, 0.1) is 0 Å². The van der Waals surface area contributed by atoms with E-state index < -0.39 is 0 Å². The molecular formula is C21H25N5O2. The second kappa shape index (κ2) is 8.39. The number of nitrogens with one attached hydrogen (secondary N) is 1. The molecule has 0 unspecified atom stereocenters. The molecule has 1 aliphatic rings. The van der Waals surface area contributed by atoms with E-state index in [4.69, 9.17) is 4.52 Å². The van der Waals surface area contributed by atoms with Crippen LogP contribution in [-0.4, -0.2) is 38.8 Å². The molecule has 28 heavy (non-hydrogen) atoms. The summed E-state index contributed by atoms with van der Waals surface area (Å²) in [6.45, 7) is 6.64. The van der Waals surface area contributed by atoms with Crippen LogP contribution in [-0.2, 0) is 19.6 Å². The number of carbonyl (C=O) groups is 1. The van der Waals surface area contributed by atoms with E-state index >= 15 is 0 Å². The van der Waals surface area contributed by atoms with Crippen LogP contribution < -0.4 is 5.32 Å². The summed E-state index contributed by atoms with van der Waals surface area (Å²) in [6.07, 6.45) is 3.71. The smallest absolute Gasteiger partial charge is 0.257 e. The summed E-state index contributed by atoms with van der Waals surface area (Å²) < 4.78 is 7.38. The molecule has 2 aromatic heterocycles. The van der Waals surface area contributed by atoms with Gasteiger partial charge in [0, 0.05) is 25.2 Å². The molecule has 7 heteroatoms. The van der Waals surface area contributed by atoms with Crippen molar-refractivity contribution in [1.29, 1.82) is 0 Å². The van der Waals surface area contributed by atoms with E-state index in [1.807, 2.05) is 30.3 Å². The highest BCUT2D eigenvalue weighted by atomic mass is 16.5. The first-order valence-corrected chi connectivity index (χ1v) is 9.81. The van der Waals surface area contributed by atoms with Gasteiger partial charge in [0.05, 0.1) is 24.1 Å². The summed E-state index contributed by atoms with van der Waals surface area (Å²) in [5.74, 6) is 0.268. The van der Waals surface area contributed by atoms with Crippen LogP contribution in [0.1, 0.15) is 41.5 Å². The first-order valence-electron chi connectivity index (χ1n) is 9.81. The highest BCUT2D eigenvalue weighted by Crippen LogP contribution is 2.23. The number of aromatic nitrogens is 3. The Bertz CT molecular complexity index is 931. The summed E-state index contributed by atoms with van der Waals surface area (Å²) in [6, 6.07) is 11.6. The number of nitrogens with zero attached hydrogens (tertiary/aromatic N) is 4. The minimum atomic E-state index is -0.212. The van der Waals surface area contributed by atoms with Gasteiger partial charge in [0.25, 0.3) is 5.91 Å². The predicted octanol–water partition coefficient (Wildman–Crippen LogP) is 3.08. The van der Waals surface area contributed by atoms with Crippen molar-refractivity contribution < 1.29 is 9.32 Å². The standard InChI is InChI=1S/C21H25N5O2/c1-2-9-25-10-6-11-26-18(15-25)12-17(24-26)13-22-21(27)19-14-23-28-20(19)16-7-4-3-5-8-16/h3-5,7-8,12,14H,2,6,9-11,13,15H2,1H3,(H,22,27). The zero-order valence-electron chi connectivity index (χ0n) is 16.1. The number of rotatable bonds is 6. The van der Waals surface area contributed by atoms with Crippen molar-refractivity contribution in [1.82, 2.24) is 25.2 Å². The second-order valence-corrected chi connectivity index (χ2v) is 7.10. The molecule has 7 nitrogen and oxygen atoms in total. The molecule has 3 heterocycles. The largest absolute Gasteiger partial charge is 0.355 e. The third-order valence-corrected chi connectivity index (χ3v) is 4.96. The molecule has 146 valence electrons. The zero-order chi connectivity index (χ0) is 19.3. The molecule has 3 aromatic rings. The van der Waals surface area contributed by atoms with Crippen molar-refractivity contribution in [3.05, 3.63) is 59.5 Å². The fraction of sp³-hybridized carbons (Fsp3) is 0.381. The Labute approximate surface area is 164 Å². The van der Waals surface area contributed by atoms with E-state index in [1.165, 1.54) is 11.9 Å². The maximum Gasteiger partial charge on any atom is 0.257 e. The highest BCUT2D eigenvalue weighted by Gasteiger charge is 2.19. The Morgan fingerprint density at radius 2 is 2.11 bits per heavy atom. The number of hydrogen-bond donors (Lipinski definition) is 1. The van der Waals surface area contributed by atoms with Crippen molar-refractivity contribution in [2.45, 2.75) is 39.4 Å². The molecule has 1 aliphatic heterocycles. The SMILES string of the molecule is CCCN1CCCn2nc(CNC(=O)c3cnoc3-c3ccccc3)cc2C1. The van der Waals surface area contributed by atoms with Crippen LogP contribution in [0.25, 0.3) is 11.3 Å². The number of carbonyl (C=O) groups excluding carboxylic acids is 1. The molecule has 0 aliphatic carbocycles. The maximum atomic E-state index is 12.7. The molecular weight excluding hydrogens is 354 g/mol. The zero-order valence-corrected chi connectivity index (χ0v) is 16.1. The van der Waals surface area contributed by atoms with Gasteiger partial charge in [-0.05, 0) is 25.5 Å². The lowest BCUT2D eigenvalue weighted by Gasteiger charge is -2.17. The van der Waals surface area contributed by atoms with Crippen molar-refractivity contribution in [3.8, 4) is 11.3 Å². The lowest BCUT2D eigenvalue weighted by molar-refractivity contribution is 0.0950. The lowest BCUT2D eigenvalue weighted by Crippen LogP contribution is -2.24. The molecule has 0 saturated heterocycles. The van der Waals surface area contributed by atoms with E-state index in [0.29, 0.717) is 17.9 Å². The Balaban J connectivity index is 1.43. The molecule has 1 N–H and O–H groups in total. The summed E-state index contributed by atoms with van der Waals surface area (Å²) in [5.41, 5.74) is 3.35. The normalized spacial score (nSPS) is 14.5. The van der Waals surface area contributed by atoms with Gasteiger partial charge in [-0.15, -0.1) is 0 Å². The topological polar surface area (TPSA) is 76.2 Å². The molecule has 0 radical (unpaired) electrons. The monoisotopic (exact) mass is 379 g/mol. The van der Waals surface area contributed by atoms with Crippen molar-refractivity contribution in [2.75, 3.05) is 13.1 Å². The van der Waals surface area contributed by atoms with Gasteiger partial charge in [0.2, 0.25) is 0 Å². The predicted molar refractivity (Wildman–Crippen MR) is 106 cm³/mol. The van der Waals surface area contributed by atoms with Crippen LogP contribution >= 0.6 is 0 Å². The van der Waals surface area contributed by atoms with E-state index in [-0.39, 0.29) is 5.91 Å². The average molecular weight is 379 g/mol. The van der Waals surface area contributed by atoms with Gasteiger partial charge in [-0.3, -0.25) is 14.4 Å². The Morgan fingerprint density at radius 3 is 2.93 bits per heavy atom. The van der Waals surface area contributed by atoms with Crippen LogP contribution in [0.3, 0.4) is 0 Å². The number of aryl methyl sites for hydroxylation is 1. The number of hydrogen-bond acceptors (Lipinski definition) is 5. The third-order valence-electron chi connectivity index (χ3n) is 4.96. The van der Waals surface area contributed by atoms with E-state index in [1.54, 1.807) is 0 Å². The Morgan fingerprint density at radius 1 is 1.25 bits per heavy atom. The summed E-state index contributed by atoms with van der Waals surface area (Å²) in [7, 11) is 0. The minimum absolute atomic E-state index is 0.212. The summed E-state index contributed by atoms with van der Waals surface area (Å²) in [5, 5.41) is 11.4. The second-order valence-electron chi connectivity index (χ2n) is 7.10. The molecule has 0 saturated carbocycles. The molecule has 0 atom stereocenters. The Hall–Kier alpha value is -2.93. The highest BCUT2D eigenvalue weighted by molar-refractivity contribution is 5.99. The maximum absolute atomic E-state index is 12.7. The number of amides is 1. The number of benzene rings is 1. The van der Waals surface area contributed by atoms with Gasteiger partial charge in [0.15, 0.2) is 5.76 Å². The van der Waals surface area contributed by atoms with Crippen LogP contribution in [0.2, 0.25) is 0 Å². The molecule has 1 aromatic carbocycles. The third kappa shape index (κ3) is 3.99. The summed E-state index contributed by atoms with van der Waals surface area (Å²) >= 11 is 0. The first kappa shape index (κ1) is 18.4. The van der Waals surface area contributed by atoms with E-state index in [0.717, 1.165) is 50.3 Å². The van der Waals surface area contributed by atoms with Crippen LogP contribution in [0.4, 0.5) is 0 Å². The van der Waals surface area contributed by atoms with Crippen LogP contribution in [0.15, 0.2) is 47.1 Å². The van der Waals surface area contributed by atoms with Gasteiger partial charge in [-0.2, -0.15) is 5.10 Å². The van der Waals surface area contributed by atoms with Gasteiger partial charge in [-0.25, -0.2) is 0 Å². The van der Waals surface area contributed by atoms with Crippen LogP contribution in [0.5, 0.6) is 0 Å². The molecule has 1 amide bonds. The van der Waals surface area contributed by atoms with Crippen molar-refractivity contribution in [2.24, 2.45) is 0 Å². The average Bonchev–Trinajstić information content (AvgIpc) is 3.30. The van der Waals surface area contributed by atoms with Gasteiger partial charge in [0.1, 0.15) is 5.56 Å². The van der Waals surface area contributed by atoms with E-state index in [9.17, 15) is 4.79 Å². The van der Waals surface area contributed by atoms with Gasteiger partial charge < -0.3 is 9.84 Å². The van der Waals surface area contributed by atoms with Crippen molar-refractivity contribution >= 4 is 5.91 Å². The number of fused-ring (bicyclic) bond motifs is 1. The fourth-order valence-electron chi connectivity index (χ4n) is 3.65. The van der Waals surface area contributed by atoms with Gasteiger partial charge >= 0.3 is 0 Å². The minimum Gasteiger partial charge on any atom is -0.355 e. The molecule has 0 fully saturated rings. The van der Waals surface area contributed by atoms with Crippen molar-refractivity contribution in [3.63, 3.8) is 0 Å². The fourth-order valence-corrected chi connectivity index (χ4v) is 3.65. The Kier molecular flexibility index (Phi) is 5.53. The molecule has 0 spiro atoms. The molecule has 4 rings (SSSR count). The first-order chi connectivity index (χ1) is 13.7. The van der Waals surface area contributed by atoms with E-state index in [2.05, 4.69) is 38.1 Å².